The van der Waals surface area contributed by atoms with E-state index in [1.165, 1.54) is 0 Å². The van der Waals surface area contributed by atoms with Gasteiger partial charge in [0, 0.05) is 32.1 Å². The first-order valence-corrected chi connectivity index (χ1v) is 9.72. The zero-order valence-electron chi connectivity index (χ0n) is 16.4. The van der Waals surface area contributed by atoms with Crippen LogP contribution in [0.1, 0.15) is 31.7 Å². The Kier molecular flexibility index (Phi) is 6.38. The second-order valence-corrected chi connectivity index (χ2v) is 7.08. The predicted octanol–water partition coefficient (Wildman–Crippen LogP) is 1.85. The molecule has 1 saturated heterocycles. The Morgan fingerprint density at radius 3 is 2.75 bits per heavy atom. The largest absolute Gasteiger partial charge is 0.482 e. The molecule has 2 heterocycles. The Bertz CT molecular complexity index is 743. The van der Waals surface area contributed by atoms with Gasteiger partial charge in [-0.15, -0.1) is 0 Å². The van der Waals surface area contributed by atoms with E-state index in [0.717, 1.165) is 5.56 Å². The molecule has 1 aromatic rings. The second-order valence-electron chi connectivity index (χ2n) is 7.08. The van der Waals surface area contributed by atoms with Gasteiger partial charge >= 0.3 is 6.09 Å². The lowest BCUT2D eigenvalue weighted by atomic mass is 10.1. The molecule has 2 aliphatic heterocycles. The number of amides is 3. The summed E-state index contributed by atoms with van der Waals surface area (Å²) in [6, 6.07) is 5.71. The van der Waals surface area contributed by atoms with Crippen molar-refractivity contribution in [3.05, 3.63) is 23.8 Å². The molecule has 0 aliphatic carbocycles. The highest BCUT2D eigenvalue weighted by Crippen LogP contribution is 2.32. The maximum absolute atomic E-state index is 12.4. The van der Waals surface area contributed by atoms with Crippen LogP contribution < -0.4 is 15.0 Å². The lowest BCUT2D eigenvalue weighted by Gasteiger charge is -2.32. The average molecular weight is 389 g/mol. The highest BCUT2D eigenvalue weighted by Gasteiger charge is 2.27. The molecular formula is C20H27N3O5. The minimum Gasteiger partial charge on any atom is -0.482 e. The minimum absolute atomic E-state index is 0.00992. The van der Waals surface area contributed by atoms with Gasteiger partial charge in [0.05, 0.1) is 12.3 Å². The second kappa shape index (κ2) is 8.95. The molecule has 0 radical (unpaired) electrons. The molecule has 2 aliphatic rings. The number of carbonyl (C=O) groups excluding carboxylic acids is 3. The van der Waals surface area contributed by atoms with E-state index in [-0.39, 0.29) is 37.0 Å². The first-order chi connectivity index (χ1) is 13.5. The Morgan fingerprint density at radius 1 is 1.29 bits per heavy atom. The van der Waals surface area contributed by atoms with E-state index in [1.54, 1.807) is 16.7 Å². The molecule has 0 spiro atoms. The summed E-state index contributed by atoms with van der Waals surface area (Å²) in [5, 5.41) is 3.01. The van der Waals surface area contributed by atoms with Crippen molar-refractivity contribution < 1.29 is 23.9 Å². The van der Waals surface area contributed by atoms with Crippen molar-refractivity contribution in [2.45, 2.75) is 39.2 Å². The fourth-order valence-electron chi connectivity index (χ4n) is 3.49. The Hall–Kier alpha value is -2.77. The van der Waals surface area contributed by atoms with Crippen molar-refractivity contribution in [2.24, 2.45) is 0 Å². The zero-order valence-corrected chi connectivity index (χ0v) is 16.4. The molecule has 1 aromatic carbocycles. The van der Waals surface area contributed by atoms with E-state index in [9.17, 15) is 14.4 Å². The van der Waals surface area contributed by atoms with Gasteiger partial charge in [-0.1, -0.05) is 6.07 Å². The van der Waals surface area contributed by atoms with Gasteiger partial charge in [-0.2, -0.15) is 0 Å². The highest BCUT2D eigenvalue weighted by atomic mass is 16.6. The number of carbonyl (C=O) groups is 3. The number of rotatable bonds is 5. The minimum atomic E-state index is -0.299. The smallest absolute Gasteiger partial charge is 0.409 e. The van der Waals surface area contributed by atoms with Crippen molar-refractivity contribution in [1.82, 2.24) is 10.2 Å². The van der Waals surface area contributed by atoms with Crippen molar-refractivity contribution in [3.8, 4) is 5.75 Å². The number of nitrogens with one attached hydrogen (secondary N) is 1. The van der Waals surface area contributed by atoms with Crippen LogP contribution in [0.5, 0.6) is 5.75 Å². The summed E-state index contributed by atoms with van der Waals surface area (Å²) in [6.07, 6.45) is 1.32. The third kappa shape index (κ3) is 4.74. The summed E-state index contributed by atoms with van der Waals surface area (Å²) >= 11 is 0. The molecule has 0 unspecified atom stereocenters. The molecule has 0 aromatic heterocycles. The van der Waals surface area contributed by atoms with E-state index >= 15 is 0 Å². The number of likely N-dealkylation sites (tertiary alicyclic amines) is 1. The summed E-state index contributed by atoms with van der Waals surface area (Å²) in [4.78, 5) is 39.6. The molecule has 8 nitrogen and oxygen atoms in total. The lowest BCUT2D eigenvalue weighted by molar-refractivity contribution is -0.122. The first kappa shape index (κ1) is 20.0. The summed E-state index contributed by atoms with van der Waals surface area (Å²) in [7, 11) is 0. The van der Waals surface area contributed by atoms with E-state index in [0.29, 0.717) is 50.5 Å². The van der Waals surface area contributed by atoms with Crippen LogP contribution in [-0.2, 0) is 14.3 Å². The number of fused-ring (bicyclic) bond motifs is 1. The average Bonchev–Trinajstić information content (AvgIpc) is 2.68. The van der Waals surface area contributed by atoms with Crippen LogP contribution in [0.4, 0.5) is 10.5 Å². The summed E-state index contributed by atoms with van der Waals surface area (Å²) in [6.45, 7) is 5.53. The molecule has 0 bridgehead atoms. The highest BCUT2D eigenvalue weighted by molar-refractivity contribution is 5.98. The number of piperidine rings is 1. The third-order valence-electron chi connectivity index (χ3n) is 5.01. The Morgan fingerprint density at radius 2 is 2.04 bits per heavy atom. The number of benzene rings is 1. The topological polar surface area (TPSA) is 88.2 Å². The van der Waals surface area contributed by atoms with Gasteiger partial charge in [0.25, 0.3) is 5.91 Å². The van der Waals surface area contributed by atoms with Gasteiger partial charge in [0.1, 0.15) is 5.75 Å². The van der Waals surface area contributed by atoms with Gasteiger partial charge in [0.2, 0.25) is 5.91 Å². The maximum atomic E-state index is 12.4. The van der Waals surface area contributed by atoms with Crippen molar-refractivity contribution in [3.63, 3.8) is 0 Å². The van der Waals surface area contributed by atoms with Gasteiger partial charge in [0.15, 0.2) is 6.61 Å². The number of anilines is 1. The van der Waals surface area contributed by atoms with Crippen molar-refractivity contribution in [1.29, 1.82) is 0 Å². The first-order valence-electron chi connectivity index (χ1n) is 9.72. The van der Waals surface area contributed by atoms with Crippen LogP contribution in [0.15, 0.2) is 18.2 Å². The van der Waals surface area contributed by atoms with Crippen LogP contribution >= 0.6 is 0 Å². The molecule has 3 rings (SSSR count). The van der Waals surface area contributed by atoms with E-state index in [4.69, 9.17) is 9.47 Å². The molecular weight excluding hydrogens is 362 g/mol. The molecule has 152 valence electrons. The fraction of sp³-hybridized carbons (Fsp3) is 0.550. The van der Waals surface area contributed by atoms with Gasteiger partial charge in [-0.05, 0) is 44.4 Å². The monoisotopic (exact) mass is 389 g/mol. The number of hydrogen-bond donors (Lipinski definition) is 1. The maximum Gasteiger partial charge on any atom is 0.409 e. The van der Waals surface area contributed by atoms with E-state index in [2.05, 4.69) is 5.32 Å². The predicted molar refractivity (Wildman–Crippen MR) is 103 cm³/mol. The van der Waals surface area contributed by atoms with Crippen molar-refractivity contribution >= 4 is 23.6 Å². The van der Waals surface area contributed by atoms with Crippen LogP contribution in [0.25, 0.3) is 0 Å². The zero-order chi connectivity index (χ0) is 20.1. The summed E-state index contributed by atoms with van der Waals surface area (Å²) in [5.41, 5.74) is 1.74. The van der Waals surface area contributed by atoms with E-state index < -0.39 is 0 Å². The number of aryl methyl sites for hydroxylation is 1. The molecule has 1 N–H and O–H groups in total. The fourth-order valence-corrected chi connectivity index (χ4v) is 3.49. The van der Waals surface area contributed by atoms with Crippen molar-refractivity contribution in [2.75, 3.05) is 37.7 Å². The normalized spacial score (nSPS) is 17.0. The quantitative estimate of drug-likeness (QED) is 0.830. The van der Waals surface area contributed by atoms with Crippen LogP contribution in [0.2, 0.25) is 0 Å². The summed E-state index contributed by atoms with van der Waals surface area (Å²) < 4.78 is 10.5. The van der Waals surface area contributed by atoms with Gasteiger partial charge < -0.3 is 24.6 Å². The number of nitrogens with zero attached hydrogens (tertiary/aromatic N) is 2. The Labute approximate surface area is 164 Å². The SMILES string of the molecule is CCOC(=O)N1CCC(NC(=O)CCN2C(=O)COc3ccc(C)cc32)CC1. The third-order valence-corrected chi connectivity index (χ3v) is 5.01. The lowest BCUT2D eigenvalue weighted by Crippen LogP contribution is -2.47. The van der Waals surface area contributed by atoms with E-state index in [1.807, 2.05) is 25.1 Å². The van der Waals surface area contributed by atoms with Crippen LogP contribution in [-0.4, -0.2) is 61.7 Å². The standard InChI is InChI=1S/C20H27N3O5/c1-3-27-20(26)22-9-6-15(7-10-22)21-18(24)8-11-23-16-12-14(2)4-5-17(16)28-13-19(23)25/h4-5,12,15H,3,6-11,13H2,1-2H3,(H,21,24). The van der Waals surface area contributed by atoms with Gasteiger partial charge in [-0.25, -0.2) is 4.79 Å². The Balaban J connectivity index is 1.48. The number of hydrogen-bond acceptors (Lipinski definition) is 5. The molecule has 0 saturated carbocycles. The van der Waals surface area contributed by atoms with Crippen LogP contribution in [0.3, 0.4) is 0 Å². The van der Waals surface area contributed by atoms with Gasteiger partial charge in [-0.3, -0.25) is 9.59 Å². The molecule has 28 heavy (non-hydrogen) atoms. The molecule has 3 amide bonds. The summed E-state index contributed by atoms with van der Waals surface area (Å²) in [5.74, 6) is 0.425. The van der Waals surface area contributed by atoms with Crippen LogP contribution in [0, 0.1) is 6.92 Å². The molecule has 0 atom stereocenters. The molecule has 8 heteroatoms. The molecule has 1 fully saturated rings. The number of ether oxygens (including phenoxy) is 2.